The molecule has 2 N–H and O–H groups in total. The summed E-state index contributed by atoms with van der Waals surface area (Å²) in [5.41, 5.74) is 3.16. The highest BCUT2D eigenvalue weighted by molar-refractivity contribution is 5.98. The zero-order valence-electron chi connectivity index (χ0n) is 18.2. The first kappa shape index (κ1) is 22.9. The molecule has 1 aromatic heterocycles. The van der Waals surface area contributed by atoms with E-state index in [0.717, 1.165) is 42.8 Å². The van der Waals surface area contributed by atoms with Gasteiger partial charge in [-0.3, -0.25) is 14.6 Å². The monoisotopic (exact) mass is 424 g/mol. The number of rotatable bonds is 5. The average Bonchev–Trinajstić information content (AvgIpc) is 2.78. The molecule has 0 fully saturated rings. The number of aromatic nitrogens is 1. The van der Waals surface area contributed by atoms with Crippen molar-refractivity contribution in [1.29, 1.82) is 0 Å². The molecule has 2 heterocycles. The van der Waals surface area contributed by atoms with E-state index in [1.807, 2.05) is 30.3 Å². The van der Waals surface area contributed by atoms with Crippen LogP contribution in [0.2, 0.25) is 0 Å². The van der Waals surface area contributed by atoms with Crippen molar-refractivity contribution >= 4 is 17.5 Å². The van der Waals surface area contributed by atoms with Crippen LogP contribution in [0.25, 0.3) is 0 Å². The molecule has 1 aromatic carbocycles. The number of fused-ring (bicyclic) bond motifs is 1. The molecule has 0 saturated carbocycles. The molecule has 7 nitrogen and oxygen atoms in total. The van der Waals surface area contributed by atoms with E-state index >= 15 is 0 Å². The number of hydrogen-bond acceptors (Lipinski definition) is 5. The second kappa shape index (κ2) is 12.2. The highest BCUT2D eigenvalue weighted by atomic mass is 16.5. The molecular formula is C24H32N4O3. The maximum Gasteiger partial charge on any atom is 0.252 e. The molecule has 0 spiro atoms. The number of nitrogens with zero attached hydrogens (tertiary/aromatic N) is 2. The predicted molar refractivity (Wildman–Crippen MR) is 121 cm³/mol. The number of amides is 2. The highest BCUT2D eigenvalue weighted by Gasteiger charge is 2.20. The maximum atomic E-state index is 12.8. The fourth-order valence-electron chi connectivity index (χ4n) is 3.76. The molecule has 1 aliphatic heterocycles. The summed E-state index contributed by atoms with van der Waals surface area (Å²) in [6.45, 7) is 2.59. The Hall–Kier alpha value is -2.77. The van der Waals surface area contributed by atoms with Crippen LogP contribution in [-0.4, -0.2) is 43.6 Å². The third-order valence-electron chi connectivity index (χ3n) is 5.41. The van der Waals surface area contributed by atoms with Gasteiger partial charge in [0, 0.05) is 37.6 Å². The van der Waals surface area contributed by atoms with Crippen LogP contribution in [0, 0.1) is 0 Å². The number of carbonyl (C=O) groups is 2. The third-order valence-corrected chi connectivity index (χ3v) is 5.41. The number of hydrogen-bond donors (Lipinski definition) is 2. The van der Waals surface area contributed by atoms with Gasteiger partial charge in [-0.25, -0.2) is 0 Å². The first-order valence-corrected chi connectivity index (χ1v) is 11.0. The quantitative estimate of drug-likeness (QED) is 0.771. The van der Waals surface area contributed by atoms with Gasteiger partial charge in [-0.05, 0) is 55.3 Å². The number of pyridine rings is 1. The van der Waals surface area contributed by atoms with Crippen LogP contribution in [-0.2, 0) is 22.6 Å². The Morgan fingerprint density at radius 2 is 1.97 bits per heavy atom. The Bertz CT molecular complexity index is 857. The van der Waals surface area contributed by atoms with Gasteiger partial charge >= 0.3 is 0 Å². The van der Waals surface area contributed by atoms with Gasteiger partial charge in [-0.2, -0.15) is 0 Å². The van der Waals surface area contributed by atoms with Crippen molar-refractivity contribution in [2.24, 2.45) is 0 Å². The standard InChI is InChI=1S/C24H32N4O3/c1-31-18-23(29)28-14-8-4-2-3-6-12-25-16-20-15-19(10-11-22(20)28)24(30)27-17-21-9-5-7-13-26-21/h5,7,9-11,13,15,25H,2-4,6,8,12,14,16-18H2,1H3,(H,27,30). The molecule has 0 saturated heterocycles. The smallest absolute Gasteiger partial charge is 0.252 e. The van der Waals surface area contributed by atoms with Crippen molar-refractivity contribution in [2.75, 3.05) is 31.7 Å². The minimum Gasteiger partial charge on any atom is -0.375 e. The normalized spacial score (nSPS) is 15.3. The number of ether oxygens (including phenoxy) is 1. The zero-order chi connectivity index (χ0) is 21.9. The molecule has 2 amide bonds. The van der Waals surface area contributed by atoms with Crippen molar-refractivity contribution < 1.29 is 14.3 Å². The molecule has 0 bridgehead atoms. The lowest BCUT2D eigenvalue weighted by atomic mass is 10.0. The van der Waals surface area contributed by atoms with E-state index in [2.05, 4.69) is 15.6 Å². The van der Waals surface area contributed by atoms with E-state index in [0.29, 0.717) is 25.2 Å². The van der Waals surface area contributed by atoms with E-state index in [9.17, 15) is 9.59 Å². The predicted octanol–water partition coefficient (Wildman–Crippen LogP) is 3.04. The van der Waals surface area contributed by atoms with Gasteiger partial charge in [0.1, 0.15) is 6.61 Å². The van der Waals surface area contributed by atoms with Crippen LogP contribution >= 0.6 is 0 Å². The molecular weight excluding hydrogens is 392 g/mol. The van der Waals surface area contributed by atoms with E-state index in [-0.39, 0.29) is 18.4 Å². The van der Waals surface area contributed by atoms with Gasteiger partial charge in [-0.15, -0.1) is 0 Å². The van der Waals surface area contributed by atoms with Crippen LogP contribution in [0.1, 0.15) is 53.7 Å². The molecule has 1 aliphatic rings. The zero-order valence-corrected chi connectivity index (χ0v) is 18.2. The van der Waals surface area contributed by atoms with E-state index in [4.69, 9.17) is 4.74 Å². The first-order valence-electron chi connectivity index (χ1n) is 11.0. The number of methoxy groups -OCH3 is 1. The molecule has 31 heavy (non-hydrogen) atoms. The van der Waals surface area contributed by atoms with E-state index < -0.39 is 0 Å². The number of carbonyl (C=O) groups excluding carboxylic acids is 2. The van der Waals surface area contributed by atoms with Crippen LogP contribution in [0.3, 0.4) is 0 Å². The van der Waals surface area contributed by atoms with E-state index in [1.165, 1.54) is 20.0 Å². The highest BCUT2D eigenvalue weighted by Crippen LogP contribution is 2.24. The molecule has 166 valence electrons. The summed E-state index contributed by atoms with van der Waals surface area (Å²) < 4.78 is 5.10. The summed E-state index contributed by atoms with van der Waals surface area (Å²) in [4.78, 5) is 31.5. The Labute approximate surface area is 184 Å². The first-order chi connectivity index (χ1) is 15.2. The van der Waals surface area contributed by atoms with Crippen LogP contribution in [0.15, 0.2) is 42.6 Å². The lowest BCUT2D eigenvalue weighted by Gasteiger charge is -2.26. The maximum absolute atomic E-state index is 12.8. The second-order valence-electron chi connectivity index (χ2n) is 7.77. The van der Waals surface area contributed by atoms with Gasteiger partial charge in [0.15, 0.2) is 0 Å². The summed E-state index contributed by atoms with van der Waals surface area (Å²) in [6.07, 6.45) is 7.25. The lowest BCUT2D eigenvalue weighted by molar-refractivity contribution is -0.122. The Balaban J connectivity index is 1.81. The minimum atomic E-state index is -0.158. The second-order valence-corrected chi connectivity index (χ2v) is 7.77. The van der Waals surface area contributed by atoms with Crippen molar-refractivity contribution in [3.63, 3.8) is 0 Å². The molecule has 0 unspecified atom stereocenters. The largest absolute Gasteiger partial charge is 0.375 e. The minimum absolute atomic E-state index is 0.0409. The number of nitrogens with one attached hydrogen (secondary N) is 2. The van der Waals surface area contributed by atoms with Gasteiger partial charge in [-0.1, -0.05) is 25.3 Å². The van der Waals surface area contributed by atoms with Crippen LogP contribution in [0.5, 0.6) is 0 Å². The number of benzene rings is 1. The van der Waals surface area contributed by atoms with Gasteiger partial charge in [0.2, 0.25) is 0 Å². The summed E-state index contributed by atoms with van der Waals surface area (Å²) in [6, 6.07) is 11.2. The van der Waals surface area contributed by atoms with Gasteiger partial charge in [0.25, 0.3) is 11.8 Å². The van der Waals surface area contributed by atoms with E-state index in [1.54, 1.807) is 17.2 Å². The third kappa shape index (κ3) is 6.87. The van der Waals surface area contributed by atoms with Gasteiger partial charge < -0.3 is 20.3 Å². The van der Waals surface area contributed by atoms with Crippen LogP contribution < -0.4 is 15.5 Å². The average molecular weight is 425 g/mol. The molecule has 0 aliphatic carbocycles. The molecule has 7 heteroatoms. The molecule has 2 aromatic rings. The SMILES string of the molecule is COCC(=O)N1CCCCCCCNCc2cc(C(=O)NCc3ccccn3)ccc21. The Morgan fingerprint density at radius 1 is 1.13 bits per heavy atom. The Morgan fingerprint density at radius 3 is 2.77 bits per heavy atom. The Kier molecular flexibility index (Phi) is 8.99. The molecule has 0 radical (unpaired) electrons. The summed E-state index contributed by atoms with van der Waals surface area (Å²) in [5, 5.41) is 6.39. The fourth-order valence-corrected chi connectivity index (χ4v) is 3.76. The summed E-state index contributed by atoms with van der Waals surface area (Å²) >= 11 is 0. The van der Waals surface area contributed by atoms with Gasteiger partial charge in [0.05, 0.1) is 12.2 Å². The molecule has 0 atom stereocenters. The van der Waals surface area contributed by atoms with Crippen molar-refractivity contribution in [2.45, 2.75) is 45.2 Å². The molecule has 3 rings (SSSR count). The van der Waals surface area contributed by atoms with Crippen molar-refractivity contribution in [1.82, 2.24) is 15.6 Å². The van der Waals surface area contributed by atoms with Crippen LogP contribution in [0.4, 0.5) is 5.69 Å². The topological polar surface area (TPSA) is 83.6 Å². The lowest BCUT2D eigenvalue weighted by Crippen LogP contribution is -2.36. The summed E-state index contributed by atoms with van der Waals surface area (Å²) in [5.74, 6) is -0.220. The fraction of sp³-hybridized carbons (Fsp3) is 0.458. The summed E-state index contributed by atoms with van der Waals surface area (Å²) in [7, 11) is 1.53. The van der Waals surface area contributed by atoms with Crippen molar-refractivity contribution in [3.8, 4) is 0 Å². The number of anilines is 1. The van der Waals surface area contributed by atoms with Crippen molar-refractivity contribution in [3.05, 3.63) is 59.4 Å².